The van der Waals surface area contributed by atoms with Gasteiger partial charge in [-0.25, -0.2) is 0 Å². The van der Waals surface area contributed by atoms with Crippen molar-refractivity contribution in [3.8, 4) is 0 Å². The van der Waals surface area contributed by atoms with E-state index in [1.165, 1.54) is 0 Å². The van der Waals surface area contributed by atoms with E-state index in [1.807, 2.05) is 0 Å². The molecule has 34 heteroatoms. The standard InChI is InChI=1S/2Ca.2La.2Mg.21O.7Ti/q2*+2;2*+3;2*+2;;;;;;;;14*-1;;;;;;;. The van der Waals surface area contributed by atoms with Gasteiger partial charge in [-0.15, -0.1) is 0 Å². The Balaban J connectivity index is -0.0000000134. The van der Waals surface area contributed by atoms with Gasteiger partial charge in [0.2, 0.25) is 0 Å². The molecule has 0 heterocycles. The van der Waals surface area contributed by atoms with Crippen molar-refractivity contribution in [3.05, 3.63) is 0 Å². The summed E-state index contributed by atoms with van der Waals surface area (Å²) in [5.74, 6) is 0. The molecule has 0 aliphatic rings. The van der Waals surface area contributed by atoms with Gasteiger partial charge in [-0.1, -0.05) is 0 Å². The summed E-state index contributed by atoms with van der Waals surface area (Å²) in [6.07, 6.45) is 0. The Morgan fingerprint density at radius 3 is 0.265 bits per heavy atom. The predicted octanol–water partition coefficient (Wildman–Crippen LogP) is -19.0. The molecule has 0 aliphatic heterocycles. The molecule has 0 radical (unpaired) electrons. The Morgan fingerprint density at radius 1 is 0.265 bits per heavy atom. The molecule has 0 aromatic rings. The Labute approximate surface area is 387 Å². The van der Waals surface area contributed by atoms with Gasteiger partial charge in [0, 0.05) is 0 Å². The first-order chi connectivity index (χ1) is 12.1. The van der Waals surface area contributed by atoms with Crippen molar-refractivity contribution in [1.82, 2.24) is 0 Å². The van der Waals surface area contributed by atoms with Crippen molar-refractivity contribution in [1.29, 1.82) is 0 Å². The molecule has 0 aromatic carbocycles. The molecule has 0 fully saturated rings. The van der Waals surface area contributed by atoms with Crippen LogP contribution in [0, 0.1) is 71.2 Å². The van der Waals surface area contributed by atoms with E-state index in [0.29, 0.717) is 0 Å². The van der Waals surface area contributed by atoms with Crippen molar-refractivity contribution in [2.75, 3.05) is 0 Å². The Hall–Kier alpha value is 9.48. The zero-order valence-corrected chi connectivity index (χ0v) is 41.5. The molecule has 0 spiro atoms. The second-order valence-electron chi connectivity index (χ2n) is 1.75. The Morgan fingerprint density at radius 2 is 0.265 bits per heavy atom. The van der Waals surface area contributed by atoms with E-state index in [-0.39, 0.29) is 193 Å². The van der Waals surface area contributed by atoms with Crippen molar-refractivity contribution in [2.45, 2.75) is 0 Å². The fourth-order valence-corrected chi connectivity index (χ4v) is 0. The van der Waals surface area contributed by atoms with Crippen LogP contribution < -0.4 is 51.6 Å². The Bertz CT molecular complexity index is 334. The van der Waals surface area contributed by atoms with Crippen molar-refractivity contribution < 1.29 is 276 Å². The van der Waals surface area contributed by atoms with Gasteiger partial charge >= 0.3 is 398 Å². The summed E-state index contributed by atoms with van der Waals surface area (Å²) in [6, 6.07) is 0. The van der Waals surface area contributed by atoms with Gasteiger partial charge in [-0.05, 0) is 0 Å². The van der Waals surface area contributed by atoms with Gasteiger partial charge < -0.3 is 0 Å². The molecular weight excluding hydrogens is 1080 g/mol. The van der Waals surface area contributed by atoms with Crippen LogP contribution in [0.1, 0.15) is 0 Å². The van der Waals surface area contributed by atoms with Gasteiger partial charge in [0.1, 0.15) is 0 Å². The van der Waals surface area contributed by atoms with Crippen molar-refractivity contribution >= 4 is 122 Å². The maximum atomic E-state index is 8.58. The predicted molar refractivity (Wildman–Crippen MR) is 27.8 cm³/mol. The first-order valence-corrected chi connectivity index (χ1v) is 17.7. The van der Waals surface area contributed by atoms with Crippen LogP contribution in [0.3, 0.4) is 0 Å². The molecule has 0 saturated heterocycles. The molecular formula is Ca2La2Mg2O21Ti7. The van der Waals surface area contributed by atoms with Crippen LogP contribution in [0.25, 0.3) is 0 Å². The molecule has 168 valence electrons. The van der Waals surface area contributed by atoms with Crippen LogP contribution in [-0.2, 0) is 154 Å². The molecule has 0 N–H and O–H groups in total. The number of rotatable bonds is 0. The van der Waals surface area contributed by atoms with E-state index >= 15 is 0 Å². The normalized spacial score (nSPS) is 5.35. The summed E-state index contributed by atoms with van der Waals surface area (Å²) < 4.78 is 180. The van der Waals surface area contributed by atoms with Crippen LogP contribution in [-0.4, -0.2) is 122 Å². The van der Waals surface area contributed by atoms with Gasteiger partial charge in [-0.2, -0.15) is 0 Å². The first kappa shape index (κ1) is 84.5. The monoisotopic (exact) mass is 1080 g/mol. The molecule has 21 nitrogen and oxygen atoms in total. The number of hydrogen-bond donors (Lipinski definition) is 0. The van der Waals surface area contributed by atoms with E-state index in [4.69, 9.17) is 74.9 Å². The molecule has 0 aliphatic carbocycles. The minimum atomic E-state index is -4.08. The second kappa shape index (κ2) is 78.7. The third-order valence-electron chi connectivity index (χ3n) is 0. The summed E-state index contributed by atoms with van der Waals surface area (Å²) in [5.41, 5.74) is 0. The first-order valence-electron chi connectivity index (χ1n) is 4.29. The van der Waals surface area contributed by atoms with Gasteiger partial charge in [0.15, 0.2) is 0 Å². The van der Waals surface area contributed by atoms with Gasteiger partial charge in [0.05, 0.1) is 0 Å². The summed E-state index contributed by atoms with van der Waals surface area (Å²) in [4.78, 5) is 0. The fraction of sp³-hybridized carbons (Fsp3) is 0. The second-order valence-corrected chi connectivity index (χ2v) is 7.22. The van der Waals surface area contributed by atoms with Crippen LogP contribution in [0.4, 0.5) is 0 Å². The molecule has 0 atom stereocenters. The quantitative estimate of drug-likeness (QED) is 0.203. The van der Waals surface area contributed by atoms with Crippen LogP contribution >= 0.6 is 0 Å². The summed E-state index contributed by atoms with van der Waals surface area (Å²) in [6.45, 7) is 0. The molecule has 0 unspecified atom stereocenters. The van der Waals surface area contributed by atoms with Crippen LogP contribution in [0.5, 0.6) is 0 Å². The van der Waals surface area contributed by atoms with E-state index in [1.54, 1.807) is 0 Å². The zero-order chi connectivity index (χ0) is 25.0. The molecule has 0 aromatic heterocycles. The average molecular weight is 1080 g/mol. The van der Waals surface area contributed by atoms with Gasteiger partial charge in [-0.3, -0.25) is 0 Å². The van der Waals surface area contributed by atoms with Crippen LogP contribution in [0.15, 0.2) is 0 Å². The van der Waals surface area contributed by atoms with E-state index in [0.717, 1.165) is 0 Å². The third-order valence-corrected chi connectivity index (χ3v) is 0. The molecule has 34 heavy (non-hydrogen) atoms. The van der Waals surface area contributed by atoms with E-state index in [2.05, 4.69) is 0 Å². The van der Waals surface area contributed by atoms with Crippen molar-refractivity contribution in [3.63, 3.8) is 0 Å². The minimum absolute atomic E-state index is 0. The van der Waals surface area contributed by atoms with E-state index < -0.39 is 130 Å². The van der Waals surface area contributed by atoms with E-state index in [9.17, 15) is 0 Å². The van der Waals surface area contributed by atoms with Gasteiger partial charge in [0.25, 0.3) is 0 Å². The summed E-state index contributed by atoms with van der Waals surface area (Å²) in [5, 5.41) is 0. The molecule has 0 rings (SSSR count). The molecule has 0 saturated carbocycles. The zero-order valence-electron chi connectivity index (χ0n) is 16.1. The van der Waals surface area contributed by atoms with Crippen molar-refractivity contribution in [2.24, 2.45) is 0 Å². The molecule has 0 bridgehead atoms. The summed E-state index contributed by atoms with van der Waals surface area (Å²) >= 11 is -28.6. The SMILES string of the molecule is [Ca+2].[Ca+2].[La+3].[La+3].[Mg+2].[Mg+2].[O]=[Ti]([O-])[O-].[O]=[Ti]([O-])[O-].[O]=[Ti]([O-])[O-].[O]=[Ti]([O-])[O-].[O]=[Ti]([O-])[O-].[O]=[Ti]([O-])[O-].[O]=[Ti]([O-])[O-]. The number of hydrogen-bond acceptors (Lipinski definition) is 21. The Kier molecular flexibility index (Phi) is 195. The third kappa shape index (κ3) is 756. The van der Waals surface area contributed by atoms with Crippen LogP contribution in [0.2, 0.25) is 0 Å². The fourth-order valence-electron chi connectivity index (χ4n) is 0. The maximum absolute atomic E-state index is 8.58. The average Bonchev–Trinajstić information content (AvgIpc) is 2.20. The summed E-state index contributed by atoms with van der Waals surface area (Å²) in [7, 11) is 0. The molecule has 0 amide bonds. The topological polar surface area (TPSA) is 442 Å².